The first kappa shape index (κ1) is 10.4. The molecule has 0 rings (SSSR count). The number of ether oxygens (including phenoxy) is 1. The van der Waals surface area contributed by atoms with E-state index in [2.05, 4.69) is 4.74 Å². The van der Waals surface area contributed by atoms with Gasteiger partial charge in [0.15, 0.2) is 0 Å². The Bertz CT molecular complexity index is 141. The molecule has 0 heterocycles. The Morgan fingerprint density at radius 1 is 1.64 bits per heavy atom. The summed E-state index contributed by atoms with van der Waals surface area (Å²) in [5.74, 6) is -0.202. The van der Waals surface area contributed by atoms with Gasteiger partial charge in [-0.2, -0.15) is 0 Å². The summed E-state index contributed by atoms with van der Waals surface area (Å²) in [6.07, 6.45) is 0.376. The highest BCUT2D eigenvalue weighted by Gasteiger charge is 2.26. The summed E-state index contributed by atoms with van der Waals surface area (Å²) in [5.41, 5.74) is 5.49. The van der Waals surface area contributed by atoms with E-state index in [0.29, 0.717) is 6.42 Å². The lowest BCUT2D eigenvalue weighted by Crippen LogP contribution is -2.36. The van der Waals surface area contributed by atoms with Crippen LogP contribution in [-0.4, -0.2) is 19.1 Å². The van der Waals surface area contributed by atoms with Crippen LogP contribution in [0.1, 0.15) is 27.2 Å². The van der Waals surface area contributed by atoms with E-state index < -0.39 is 0 Å². The molecule has 3 heteroatoms. The molecule has 0 aliphatic heterocycles. The number of hydrogen-bond donors (Lipinski definition) is 1. The molecule has 0 aromatic heterocycles. The normalized spacial score (nSPS) is 14.3. The molecule has 0 saturated carbocycles. The van der Waals surface area contributed by atoms with Crippen LogP contribution in [0.3, 0.4) is 0 Å². The van der Waals surface area contributed by atoms with Crippen molar-refractivity contribution in [2.75, 3.05) is 7.11 Å². The Balaban J connectivity index is 4.01. The van der Waals surface area contributed by atoms with Gasteiger partial charge in [-0.1, -0.05) is 13.8 Å². The summed E-state index contributed by atoms with van der Waals surface area (Å²) in [6.45, 7) is 5.80. The molecule has 0 spiro atoms. The van der Waals surface area contributed by atoms with Gasteiger partial charge in [0.1, 0.15) is 0 Å². The molecular formula is C8H17NO2. The van der Waals surface area contributed by atoms with Crippen LogP contribution in [0, 0.1) is 5.41 Å². The predicted octanol–water partition coefficient (Wildman–Crippen LogP) is 0.923. The van der Waals surface area contributed by atoms with Crippen LogP contribution in [0.5, 0.6) is 0 Å². The molecule has 0 saturated heterocycles. The highest BCUT2D eigenvalue weighted by Crippen LogP contribution is 2.23. The van der Waals surface area contributed by atoms with Crippen molar-refractivity contribution in [3.05, 3.63) is 0 Å². The lowest BCUT2D eigenvalue weighted by atomic mass is 9.83. The number of nitrogens with two attached hydrogens (primary N) is 1. The molecule has 0 aromatic rings. The molecule has 0 radical (unpaired) electrons. The molecule has 11 heavy (non-hydrogen) atoms. The quantitative estimate of drug-likeness (QED) is 0.623. The largest absolute Gasteiger partial charge is 0.469 e. The zero-order chi connectivity index (χ0) is 9.07. The number of methoxy groups -OCH3 is 1. The summed E-state index contributed by atoms with van der Waals surface area (Å²) >= 11 is 0. The number of carbonyl (C=O) groups excluding carboxylic acids is 1. The second kappa shape index (κ2) is 3.72. The molecule has 0 bridgehead atoms. The van der Waals surface area contributed by atoms with Gasteiger partial charge < -0.3 is 10.5 Å². The second-order valence-corrected chi connectivity index (χ2v) is 3.53. The molecule has 0 fully saturated rings. The summed E-state index contributed by atoms with van der Waals surface area (Å²) in [6, 6.07) is 0.00148. The molecule has 0 aromatic carbocycles. The molecule has 2 N–H and O–H groups in total. The number of esters is 1. The third kappa shape index (κ3) is 3.37. The summed E-state index contributed by atoms with van der Waals surface area (Å²) in [5, 5.41) is 0. The first-order valence-electron chi connectivity index (χ1n) is 3.72. The van der Waals surface area contributed by atoms with Crippen molar-refractivity contribution in [3.63, 3.8) is 0 Å². The molecule has 0 amide bonds. The Morgan fingerprint density at radius 2 is 2.09 bits per heavy atom. The van der Waals surface area contributed by atoms with Gasteiger partial charge in [-0.3, -0.25) is 4.79 Å². The van der Waals surface area contributed by atoms with E-state index in [4.69, 9.17) is 5.73 Å². The maximum Gasteiger partial charge on any atom is 0.306 e. The van der Waals surface area contributed by atoms with Gasteiger partial charge in [0.05, 0.1) is 13.5 Å². The third-order valence-electron chi connectivity index (χ3n) is 2.06. The van der Waals surface area contributed by atoms with E-state index in [1.54, 1.807) is 0 Å². The van der Waals surface area contributed by atoms with Crippen LogP contribution < -0.4 is 5.73 Å². The number of hydrogen-bond acceptors (Lipinski definition) is 3. The van der Waals surface area contributed by atoms with Crippen LogP contribution in [0.25, 0.3) is 0 Å². The van der Waals surface area contributed by atoms with Crippen LogP contribution >= 0.6 is 0 Å². The van der Waals surface area contributed by atoms with Gasteiger partial charge >= 0.3 is 5.97 Å². The van der Waals surface area contributed by atoms with Crippen molar-refractivity contribution >= 4 is 5.97 Å². The zero-order valence-corrected chi connectivity index (χ0v) is 7.68. The fourth-order valence-corrected chi connectivity index (χ4v) is 0.605. The molecule has 1 atom stereocenters. The van der Waals surface area contributed by atoms with Crippen molar-refractivity contribution in [3.8, 4) is 0 Å². The minimum Gasteiger partial charge on any atom is -0.469 e. The lowest BCUT2D eigenvalue weighted by Gasteiger charge is -2.27. The van der Waals surface area contributed by atoms with E-state index >= 15 is 0 Å². The first-order chi connectivity index (χ1) is 4.90. The van der Waals surface area contributed by atoms with Crippen molar-refractivity contribution in [2.24, 2.45) is 11.1 Å². The van der Waals surface area contributed by atoms with E-state index in [0.717, 1.165) is 0 Å². The summed E-state index contributed by atoms with van der Waals surface area (Å²) < 4.78 is 4.54. The van der Waals surface area contributed by atoms with Gasteiger partial charge in [-0.05, 0) is 12.3 Å². The maximum atomic E-state index is 10.9. The molecule has 0 aliphatic carbocycles. The van der Waals surface area contributed by atoms with Crippen molar-refractivity contribution < 1.29 is 9.53 Å². The monoisotopic (exact) mass is 159 g/mol. The maximum absolute atomic E-state index is 10.9. The Morgan fingerprint density at radius 3 is 2.36 bits per heavy atom. The molecule has 1 unspecified atom stereocenters. The molecule has 3 nitrogen and oxygen atoms in total. The van der Waals surface area contributed by atoms with Crippen molar-refractivity contribution in [2.45, 2.75) is 33.2 Å². The highest BCUT2D eigenvalue weighted by molar-refractivity contribution is 5.70. The van der Waals surface area contributed by atoms with Gasteiger partial charge in [0.2, 0.25) is 0 Å². The second-order valence-electron chi connectivity index (χ2n) is 3.53. The van der Waals surface area contributed by atoms with E-state index in [-0.39, 0.29) is 17.4 Å². The Kier molecular flexibility index (Phi) is 3.52. The fourth-order valence-electron chi connectivity index (χ4n) is 0.605. The smallest absolute Gasteiger partial charge is 0.306 e. The predicted molar refractivity (Wildman–Crippen MR) is 44.1 cm³/mol. The Hall–Kier alpha value is -0.570. The standard InChI is InChI=1S/C8H17NO2/c1-6(9)8(2,3)5-7(10)11-4/h6H,5,9H2,1-4H3. The average Bonchev–Trinajstić information content (AvgIpc) is 1.86. The Labute approximate surface area is 67.9 Å². The van der Waals surface area contributed by atoms with E-state index in [1.165, 1.54) is 7.11 Å². The first-order valence-corrected chi connectivity index (χ1v) is 3.72. The van der Waals surface area contributed by atoms with Crippen LogP contribution in [0.2, 0.25) is 0 Å². The minimum atomic E-state index is -0.202. The van der Waals surface area contributed by atoms with Gasteiger partial charge in [-0.25, -0.2) is 0 Å². The molecular weight excluding hydrogens is 142 g/mol. The topological polar surface area (TPSA) is 52.3 Å². The van der Waals surface area contributed by atoms with Crippen LogP contribution in [0.15, 0.2) is 0 Å². The van der Waals surface area contributed by atoms with E-state index in [9.17, 15) is 4.79 Å². The van der Waals surface area contributed by atoms with Crippen molar-refractivity contribution in [1.82, 2.24) is 0 Å². The lowest BCUT2D eigenvalue weighted by molar-refractivity contribution is -0.143. The highest BCUT2D eigenvalue weighted by atomic mass is 16.5. The van der Waals surface area contributed by atoms with Crippen LogP contribution in [0.4, 0.5) is 0 Å². The van der Waals surface area contributed by atoms with Crippen molar-refractivity contribution in [1.29, 1.82) is 0 Å². The summed E-state index contributed by atoms with van der Waals surface area (Å²) in [4.78, 5) is 10.9. The van der Waals surface area contributed by atoms with Crippen LogP contribution in [-0.2, 0) is 9.53 Å². The van der Waals surface area contributed by atoms with Gasteiger partial charge in [-0.15, -0.1) is 0 Å². The molecule has 66 valence electrons. The number of rotatable bonds is 3. The average molecular weight is 159 g/mol. The summed E-state index contributed by atoms with van der Waals surface area (Å²) in [7, 11) is 1.39. The number of carbonyl (C=O) groups is 1. The molecule has 0 aliphatic rings. The SMILES string of the molecule is COC(=O)CC(C)(C)C(C)N. The minimum absolute atomic E-state index is 0.00148. The van der Waals surface area contributed by atoms with Gasteiger partial charge in [0, 0.05) is 6.04 Å². The third-order valence-corrected chi connectivity index (χ3v) is 2.06. The fraction of sp³-hybridized carbons (Fsp3) is 0.875. The zero-order valence-electron chi connectivity index (χ0n) is 7.68. The van der Waals surface area contributed by atoms with E-state index in [1.807, 2.05) is 20.8 Å². The van der Waals surface area contributed by atoms with Gasteiger partial charge in [0.25, 0.3) is 0 Å².